The van der Waals surface area contributed by atoms with Gasteiger partial charge in [-0.05, 0) is 6.42 Å². The molecule has 1 aromatic rings. The van der Waals surface area contributed by atoms with E-state index in [1.165, 1.54) is 7.11 Å². The molecule has 0 radical (unpaired) electrons. The van der Waals surface area contributed by atoms with E-state index >= 15 is 0 Å². The molecule has 0 spiro atoms. The fourth-order valence-electron chi connectivity index (χ4n) is 1.79. The fraction of sp³-hybridized carbons (Fsp3) is 0.417. The first-order chi connectivity index (χ1) is 7.74. The van der Waals surface area contributed by atoms with Crippen molar-refractivity contribution < 1.29 is 14.3 Å². The molecule has 1 aromatic carbocycles. The number of rotatable bonds is 5. The number of hydrogen-bond acceptors (Lipinski definition) is 3. The van der Waals surface area contributed by atoms with Crippen molar-refractivity contribution in [1.29, 1.82) is 0 Å². The van der Waals surface area contributed by atoms with Crippen molar-refractivity contribution in [1.82, 2.24) is 0 Å². The number of ether oxygens (including phenoxy) is 2. The highest BCUT2D eigenvalue weighted by molar-refractivity contribution is 6.18. The van der Waals surface area contributed by atoms with Crippen molar-refractivity contribution in [3.8, 4) is 0 Å². The predicted molar refractivity (Wildman–Crippen MR) is 60.7 cm³/mol. The summed E-state index contributed by atoms with van der Waals surface area (Å²) in [6, 6.07) is 9.00. The van der Waals surface area contributed by atoms with Gasteiger partial charge >= 0.3 is 0 Å². The van der Waals surface area contributed by atoms with E-state index in [2.05, 4.69) is 0 Å². The molecule has 3 nitrogen and oxygen atoms in total. The van der Waals surface area contributed by atoms with E-state index in [0.717, 1.165) is 0 Å². The van der Waals surface area contributed by atoms with Crippen molar-refractivity contribution in [3.63, 3.8) is 0 Å². The minimum atomic E-state index is -1.10. The van der Waals surface area contributed by atoms with Crippen LogP contribution in [-0.2, 0) is 9.47 Å². The van der Waals surface area contributed by atoms with Crippen molar-refractivity contribution in [3.05, 3.63) is 35.9 Å². The quantitative estimate of drug-likeness (QED) is 0.450. The molecular weight excluding hydrogens is 228 g/mol. The zero-order valence-electron chi connectivity index (χ0n) is 8.98. The topological polar surface area (TPSA) is 38.8 Å². The van der Waals surface area contributed by atoms with Gasteiger partial charge in [0.25, 0.3) is 5.79 Å². The number of epoxide rings is 1. The highest BCUT2D eigenvalue weighted by atomic mass is 35.5. The third-order valence-electron chi connectivity index (χ3n) is 2.71. The molecule has 0 bridgehead atoms. The van der Waals surface area contributed by atoms with Crippen LogP contribution in [0.15, 0.2) is 30.3 Å². The molecule has 0 amide bonds. The van der Waals surface area contributed by atoms with E-state index in [-0.39, 0.29) is 11.9 Å². The maximum Gasteiger partial charge on any atom is 0.261 e. The van der Waals surface area contributed by atoms with Crippen molar-refractivity contribution >= 4 is 17.4 Å². The Kier molecular flexibility index (Phi) is 3.28. The molecule has 0 aromatic heterocycles. The SMILES string of the molecule is COC1(C(=O)c2ccccc2)OC1CCCl. The molecule has 2 rings (SSSR count). The Bertz CT molecular complexity index is 379. The number of methoxy groups -OCH3 is 1. The van der Waals surface area contributed by atoms with Crippen LogP contribution >= 0.6 is 11.6 Å². The van der Waals surface area contributed by atoms with Gasteiger partial charge in [-0.15, -0.1) is 11.6 Å². The first-order valence-electron chi connectivity index (χ1n) is 5.13. The molecule has 0 aliphatic carbocycles. The summed E-state index contributed by atoms with van der Waals surface area (Å²) in [5.41, 5.74) is 0.599. The number of alkyl halides is 1. The summed E-state index contributed by atoms with van der Waals surface area (Å²) in [6.45, 7) is 0. The summed E-state index contributed by atoms with van der Waals surface area (Å²) in [5.74, 6) is -0.778. The lowest BCUT2D eigenvalue weighted by molar-refractivity contribution is 0.00154. The van der Waals surface area contributed by atoms with Crippen LogP contribution in [0, 0.1) is 0 Å². The normalized spacial score (nSPS) is 27.8. The van der Waals surface area contributed by atoms with Crippen LogP contribution in [0.2, 0.25) is 0 Å². The Labute approximate surface area is 99.3 Å². The highest BCUT2D eigenvalue weighted by Gasteiger charge is 2.63. The molecule has 0 saturated carbocycles. The van der Waals surface area contributed by atoms with E-state index in [1.54, 1.807) is 12.1 Å². The van der Waals surface area contributed by atoms with Gasteiger partial charge in [0.2, 0.25) is 5.78 Å². The number of ketones is 1. The van der Waals surface area contributed by atoms with Crippen LogP contribution in [0.25, 0.3) is 0 Å². The number of carbonyl (C=O) groups is 1. The molecule has 1 saturated heterocycles. The van der Waals surface area contributed by atoms with E-state index in [1.807, 2.05) is 18.2 Å². The molecule has 1 aliphatic heterocycles. The number of Topliss-reactive ketones (excluding diaryl/α,β-unsaturated/α-hetero) is 1. The van der Waals surface area contributed by atoms with Crippen LogP contribution in [0.3, 0.4) is 0 Å². The Balaban J connectivity index is 2.16. The molecule has 0 N–H and O–H groups in total. The van der Waals surface area contributed by atoms with E-state index in [0.29, 0.717) is 17.9 Å². The zero-order chi connectivity index (χ0) is 11.6. The second-order valence-corrected chi connectivity index (χ2v) is 4.03. The van der Waals surface area contributed by atoms with Gasteiger partial charge < -0.3 is 9.47 Å². The Morgan fingerprint density at radius 1 is 1.50 bits per heavy atom. The molecule has 1 aliphatic rings. The van der Waals surface area contributed by atoms with E-state index in [4.69, 9.17) is 21.1 Å². The smallest absolute Gasteiger partial charge is 0.261 e. The summed E-state index contributed by atoms with van der Waals surface area (Å²) >= 11 is 5.62. The van der Waals surface area contributed by atoms with Crippen LogP contribution in [0.1, 0.15) is 16.8 Å². The van der Waals surface area contributed by atoms with Crippen molar-refractivity contribution in [2.24, 2.45) is 0 Å². The summed E-state index contributed by atoms with van der Waals surface area (Å²) in [7, 11) is 1.48. The molecule has 16 heavy (non-hydrogen) atoms. The maximum absolute atomic E-state index is 12.2. The first-order valence-corrected chi connectivity index (χ1v) is 5.67. The average molecular weight is 241 g/mol. The molecule has 2 atom stereocenters. The summed E-state index contributed by atoms with van der Waals surface area (Å²) in [4.78, 5) is 12.2. The average Bonchev–Trinajstić information content (AvgIpc) is 3.05. The van der Waals surface area contributed by atoms with Crippen LogP contribution in [0.4, 0.5) is 0 Å². The predicted octanol–water partition coefficient (Wildman–Crippen LogP) is 2.24. The van der Waals surface area contributed by atoms with Gasteiger partial charge in [-0.2, -0.15) is 0 Å². The second kappa shape index (κ2) is 4.53. The molecule has 2 unspecified atom stereocenters. The lowest BCUT2D eigenvalue weighted by Gasteiger charge is -2.09. The highest BCUT2D eigenvalue weighted by Crippen LogP contribution is 2.42. The van der Waals surface area contributed by atoms with Gasteiger partial charge in [0.05, 0.1) is 0 Å². The molecule has 4 heteroatoms. The molecule has 1 fully saturated rings. The first kappa shape index (κ1) is 11.6. The number of carbonyl (C=O) groups excluding carboxylic acids is 1. The number of benzene rings is 1. The maximum atomic E-state index is 12.2. The lowest BCUT2D eigenvalue weighted by Crippen LogP contribution is -2.30. The van der Waals surface area contributed by atoms with Crippen LogP contribution < -0.4 is 0 Å². The Morgan fingerprint density at radius 2 is 2.19 bits per heavy atom. The van der Waals surface area contributed by atoms with Gasteiger partial charge in [-0.1, -0.05) is 30.3 Å². The van der Waals surface area contributed by atoms with E-state index < -0.39 is 5.79 Å². The lowest BCUT2D eigenvalue weighted by atomic mass is 10.0. The molecule has 86 valence electrons. The summed E-state index contributed by atoms with van der Waals surface area (Å²) < 4.78 is 10.6. The Morgan fingerprint density at radius 3 is 2.75 bits per heavy atom. The van der Waals surface area contributed by atoms with Crippen molar-refractivity contribution in [2.75, 3.05) is 13.0 Å². The number of hydrogen-bond donors (Lipinski definition) is 0. The summed E-state index contributed by atoms with van der Waals surface area (Å²) in [6.07, 6.45) is 0.399. The van der Waals surface area contributed by atoms with Crippen LogP contribution in [-0.4, -0.2) is 30.7 Å². The minimum Gasteiger partial charge on any atom is -0.345 e. The van der Waals surface area contributed by atoms with Gasteiger partial charge in [-0.25, -0.2) is 0 Å². The minimum absolute atomic E-state index is 0.134. The van der Waals surface area contributed by atoms with Gasteiger partial charge in [-0.3, -0.25) is 4.79 Å². The third-order valence-corrected chi connectivity index (χ3v) is 2.93. The third kappa shape index (κ3) is 1.86. The van der Waals surface area contributed by atoms with Gasteiger partial charge in [0.1, 0.15) is 6.10 Å². The summed E-state index contributed by atoms with van der Waals surface area (Å²) in [5, 5.41) is 0. The van der Waals surface area contributed by atoms with E-state index in [9.17, 15) is 4.79 Å². The fourth-order valence-corrected chi connectivity index (χ4v) is 1.99. The standard InChI is InChI=1S/C12H13ClO3/c1-15-12(10(16-12)7-8-13)11(14)9-5-3-2-4-6-9/h2-6,10H,7-8H2,1H3. The largest absolute Gasteiger partial charge is 0.345 e. The van der Waals surface area contributed by atoms with Crippen molar-refractivity contribution in [2.45, 2.75) is 18.3 Å². The molecular formula is C12H13ClO3. The molecule has 1 heterocycles. The monoisotopic (exact) mass is 240 g/mol. The number of halogens is 1. The Hall–Kier alpha value is -0.900. The van der Waals surface area contributed by atoms with Crippen LogP contribution in [0.5, 0.6) is 0 Å². The van der Waals surface area contributed by atoms with Gasteiger partial charge in [0.15, 0.2) is 0 Å². The van der Waals surface area contributed by atoms with Gasteiger partial charge in [0, 0.05) is 18.6 Å². The zero-order valence-corrected chi connectivity index (χ0v) is 9.74. The second-order valence-electron chi connectivity index (χ2n) is 3.65.